The topological polar surface area (TPSA) is 72.6 Å². The molecule has 0 aliphatic carbocycles. The Hall–Kier alpha value is -2.96. The van der Waals surface area contributed by atoms with Crippen LogP contribution in [0, 0.1) is 0 Å². The number of nitrogens with zero attached hydrogens (tertiary/aromatic N) is 5. The van der Waals surface area contributed by atoms with Crippen LogP contribution in [0.15, 0.2) is 48.8 Å². The minimum absolute atomic E-state index is 0.00323. The first-order valence-corrected chi connectivity index (χ1v) is 7.48. The highest BCUT2D eigenvalue weighted by molar-refractivity contribution is 5.91. The monoisotopic (exact) mass is 309 g/mol. The van der Waals surface area contributed by atoms with Gasteiger partial charge in [0.1, 0.15) is 11.9 Å². The number of benzene rings is 1. The van der Waals surface area contributed by atoms with Gasteiger partial charge >= 0.3 is 0 Å². The van der Waals surface area contributed by atoms with Crippen molar-refractivity contribution in [1.82, 2.24) is 24.5 Å². The quantitative estimate of drug-likeness (QED) is 0.731. The van der Waals surface area contributed by atoms with Crippen LogP contribution < -0.4 is 4.74 Å². The molecule has 7 nitrogen and oxygen atoms in total. The maximum absolute atomic E-state index is 12.5. The summed E-state index contributed by atoms with van der Waals surface area (Å²) >= 11 is 0. The molecule has 0 saturated carbocycles. The van der Waals surface area contributed by atoms with Crippen molar-refractivity contribution >= 4 is 11.7 Å². The summed E-state index contributed by atoms with van der Waals surface area (Å²) in [5.41, 5.74) is 0. The average molecular weight is 309 g/mol. The number of fused-ring (bicyclic) bond motifs is 1. The van der Waals surface area contributed by atoms with Crippen LogP contribution in [-0.4, -0.2) is 49.6 Å². The molecule has 1 aliphatic heterocycles. The molecule has 1 aliphatic rings. The number of carbonyl (C=O) groups excluding carboxylic acids is 1. The van der Waals surface area contributed by atoms with E-state index in [2.05, 4.69) is 15.1 Å². The molecule has 0 spiro atoms. The molecule has 0 unspecified atom stereocenters. The Kier molecular flexibility index (Phi) is 3.38. The smallest absolute Gasteiger partial charge is 0.293 e. The Morgan fingerprint density at radius 1 is 1.22 bits per heavy atom. The van der Waals surface area contributed by atoms with Gasteiger partial charge in [0, 0.05) is 25.4 Å². The van der Waals surface area contributed by atoms with Crippen molar-refractivity contribution < 1.29 is 9.53 Å². The molecule has 1 saturated heterocycles. The van der Waals surface area contributed by atoms with E-state index in [1.54, 1.807) is 23.4 Å². The Balaban J connectivity index is 1.45. The second-order valence-corrected chi connectivity index (χ2v) is 5.39. The summed E-state index contributed by atoms with van der Waals surface area (Å²) in [6, 6.07) is 11.4. The van der Waals surface area contributed by atoms with Crippen molar-refractivity contribution in [1.29, 1.82) is 0 Å². The number of hydrogen-bond donors (Lipinski definition) is 0. The van der Waals surface area contributed by atoms with Gasteiger partial charge in [-0.05, 0) is 18.2 Å². The van der Waals surface area contributed by atoms with E-state index in [1.165, 1.54) is 4.52 Å². The Labute approximate surface area is 132 Å². The van der Waals surface area contributed by atoms with Crippen LogP contribution in [0.5, 0.6) is 5.75 Å². The number of carbonyl (C=O) groups is 1. The van der Waals surface area contributed by atoms with Gasteiger partial charge < -0.3 is 9.64 Å². The van der Waals surface area contributed by atoms with Gasteiger partial charge in [-0.3, -0.25) is 4.79 Å². The molecule has 1 fully saturated rings. The molecule has 3 heterocycles. The number of para-hydroxylation sites is 1. The molecule has 0 N–H and O–H groups in total. The highest BCUT2D eigenvalue weighted by Gasteiger charge is 2.30. The Morgan fingerprint density at radius 3 is 2.91 bits per heavy atom. The lowest BCUT2D eigenvalue weighted by Crippen LogP contribution is -2.31. The predicted octanol–water partition coefficient (Wildman–Crippen LogP) is 1.42. The first-order valence-electron chi connectivity index (χ1n) is 7.48. The zero-order valence-electron chi connectivity index (χ0n) is 12.4. The van der Waals surface area contributed by atoms with E-state index in [-0.39, 0.29) is 17.8 Å². The van der Waals surface area contributed by atoms with Crippen molar-refractivity contribution in [2.24, 2.45) is 0 Å². The lowest BCUT2D eigenvalue weighted by atomic mass is 10.3. The minimum Gasteiger partial charge on any atom is -0.489 e. The van der Waals surface area contributed by atoms with E-state index in [1.807, 2.05) is 30.3 Å². The third-order valence-corrected chi connectivity index (χ3v) is 3.79. The molecule has 0 bridgehead atoms. The Morgan fingerprint density at radius 2 is 2.09 bits per heavy atom. The molecule has 116 valence electrons. The van der Waals surface area contributed by atoms with Gasteiger partial charge in [0.2, 0.25) is 5.82 Å². The predicted molar refractivity (Wildman–Crippen MR) is 82.2 cm³/mol. The first kappa shape index (κ1) is 13.7. The molecule has 1 atom stereocenters. The Bertz CT molecular complexity index is 800. The summed E-state index contributed by atoms with van der Waals surface area (Å²) < 4.78 is 7.40. The van der Waals surface area contributed by atoms with Crippen LogP contribution in [0.1, 0.15) is 17.0 Å². The third kappa shape index (κ3) is 2.73. The number of rotatable bonds is 3. The highest BCUT2D eigenvalue weighted by atomic mass is 16.5. The van der Waals surface area contributed by atoms with Crippen LogP contribution >= 0.6 is 0 Å². The zero-order valence-corrected chi connectivity index (χ0v) is 12.4. The summed E-state index contributed by atoms with van der Waals surface area (Å²) in [6.07, 6.45) is 4.14. The highest BCUT2D eigenvalue weighted by Crippen LogP contribution is 2.19. The molecule has 1 amide bonds. The van der Waals surface area contributed by atoms with E-state index in [4.69, 9.17) is 4.74 Å². The second kappa shape index (κ2) is 5.68. The largest absolute Gasteiger partial charge is 0.489 e. The fraction of sp³-hybridized carbons (Fsp3) is 0.250. The van der Waals surface area contributed by atoms with Crippen LogP contribution in [0.25, 0.3) is 5.78 Å². The van der Waals surface area contributed by atoms with Gasteiger partial charge in [-0.25, -0.2) is 9.50 Å². The van der Waals surface area contributed by atoms with Crippen LogP contribution in [0.3, 0.4) is 0 Å². The molecule has 2 aromatic heterocycles. The van der Waals surface area contributed by atoms with E-state index >= 15 is 0 Å². The van der Waals surface area contributed by atoms with Crippen molar-refractivity contribution in [3.05, 3.63) is 54.6 Å². The fourth-order valence-corrected chi connectivity index (χ4v) is 2.67. The molecule has 1 aromatic carbocycles. The van der Waals surface area contributed by atoms with Gasteiger partial charge in [0.15, 0.2) is 0 Å². The van der Waals surface area contributed by atoms with Gasteiger partial charge in [-0.2, -0.15) is 4.98 Å². The van der Waals surface area contributed by atoms with Crippen LogP contribution in [0.4, 0.5) is 0 Å². The first-order chi connectivity index (χ1) is 11.3. The standard InChI is InChI=1S/C16H15N5O2/c22-15(14-18-16-17-8-4-9-21(16)19-14)20-10-7-13(11-20)23-12-5-2-1-3-6-12/h1-6,8-9,13H,7,10-11H2/t13-/m0/s1. The molecule has 3 aromatic rings. The number of amides is 1. The van der Waals surface area contributed by atoms with Crippen molar-refractivity contribution in [2.75, 3.05) is 13.1 Å². The van der Waals surface area contributed by atoms with Crippen molar-refractivity contribution in [3.8, 4) is 5.75 Å². The number of ether oxygens (including phenoxy) is 1. The number of aromatic nitrogens is 4. The lowest BCUT2D eigenvalue weighted by molar-refractivity contribution is 0.0760. The maximum Gasteiger partial charge on any atom is 0.293 e. The summed E-state index contributed by atoms with van der Waals surface area (Å²) in [6.45, 7) is 1.18. The van der Waals surface area contributed by atoms with Gasteiger partial charge in [-0.1, -0.05) is 18.2 Å². The summed E-state index contributed by atoms with van der Waals surface area (Å²) in [7, 11) is 0. The zero-order chi connectivity index (χ0) is 15.6. The SMILES string of the molecule is O=C(c1nc2ncccn2n1)N1CC[C@H](Oc2ccccc2)C1. The molecular formula is C16H15N5O2. The van der Waals surface area contributed by atoms with Crippen LogP contribution in [0.2, 0.25) is 0 Å². The van der Waals surface area contributed by atoms with Gasteiger partial charge in [-0.15, -0.1) is 5.10 Å². The van der Waals surface area contributed by atoms with Gasteiger partial charge in [0.05, 0.1) is 6.54 Å². The molecule has 23 heavy (non-hydrogen) atoms. The summed E-state index contributed by atoms with van der Waals surface area (Å²) in [5.74, 6) is 1.23. The van der Waals surface area contributed by atoms with Crippen LogP contribution in [-0.2, 0) is 0 Å². The van der Waals surface area contributed by atoms with E-state index in [9.17, 15) is 4.79 Å². The third-order valence-electron chi connectivity index (χ3n) is 3.79. The molecule has 4 rings (SSSR count). The van der Waals surface area contributed by atoms with E-state index in [0.717, 1.165) is 12.2 Å². The van der Waals surface area contributed by atoms with Crippen molar-refractivity contribution in [2.45, 2.75) is 12.5 Å². The van der Waals surface area contributed by atoms with E-state index < -0.39 is 0 Å². The van der Waals surface area contributed by atoms with Crippen molar-refractivity contribution in [3.63, 3.8) is 0 Å². The van der Waals surface area contributed by atoms with E-state index in [0.29, 0.717) is 18.9 Å². The minimum atomic E-state index is -0.185. The van der Waals surface area contributed by atoms with Gasteiger partial charge in [0.25, 0.3) is 11.7 Å². The molecule has 0 radical (unpaired) electrons. The average Bonchev–Trinajstić information content (AvgIpc) is 3.21. The molecule has 7 heteroatoms. The number of hydrogen-bond acceptors (Lipinski definition) is 5. The summed E-state index contributed by atoms with van der Waals surface area (Å²) in [5, 5.41) is 4.18. The maximum atomic E-state index is 12.5. The second-order valence-electron chi connectivity index (χ2n) is 5.39. The lowest BCUT2D eigenvalue weighted by Gasteiger charge is -2.15. The number of likely N-dealkylation sites (tertiary alicyclic amines) is 1. The summed E-state index contributed by atoms with van der Waals surface area (Å²) in [4.78, 5) is 22.5. The fourth-order valence-electron chi connectivity index (χ4n) is 2.67. The normalized spacial score (nSPS) is 17.6. The molecular weight excluding hydrogens is 294 g/mol.